The maximum Gasteiger partial charge on any atom is 0.341 e. The van der Waals surface area contributed by atoms with E-state index in [9.17, 15) is 18.4 Å². The Kier molecular flexibility index (Phi) is 6.69. The van der Waals surface area contributed by atoms with Gasteiger partial charge in [-0.3, -0.25) is 9.48 Å². The first-order valence-corrected chi connectivity index (χ1v) is 11.9. The fraction of sp³-hybridized carbons (Fsp3) is 0.280. The molecule has 2 aromatic heterocycles. The van der Waals surface area contributed by atoms with Crippen LogP contribution in [0, 0.1) is 23.0 Å². The number of carbonyl (C=O) groups is 2. The summed E-state index contributed by atoms with van der Waals surface area (Å²) in [5, 5.41) is 18.9. The first-order valence-electron chi connectivity index (χ1n) is 11.9. The van der Waals surface area contributed by atoms with E-state index in [1.165, 1.54) is 28.0 Å². The van der Waals surface area contributed by atoms with Crippen molar-refractivity contribution in [2.45, 2.75) is 19.0 Å². The van der Waals surface area contributed by atoms with Gasteiger partial charge in [0.15, 0.2) is 5.82 Å². The quantitative estimate of drug-likeness (QED) is 0.549. The molecule has 3 amide bonds. The van der Waals surface area contributed by atoms with Gasteiger partial charge in [-0.2, -0.15) is 15.5 Å². The molecule has 1 aromatic carbocycles. The molecular weight excluding hydrogens is 496 g/mol. The van der Waals surface area contributed by atoms with Crippen molar-refractivity contribution in [3.63, 3.8) is 0 Å². The number of halogens is 2. The van der Waals surface area contributed by atoms with Gasteiger partial charge in [0.25, 0.3) is 0 Å². The van der Waals surface area contributed by atoms with Gasteiger partial charge >= 0.3 is 6.03 Å². The Morgan fingerprint density at radius 2 is 1.89 bits per heavy atom. The van der Waals surface area contributed by atoms with Crippen LogP contribution in [0.25, 0.3) is 11.4 Å². The summed E-state index contributed by atoms with van der Waals surface area (Å²) in [5.74, 6) is -1.14. The van der Waals surface area contributed by atoms with E-state index in [-0.39, 0.29) is 29.5 Å². The van der Waals surface area contributed by atoms with E-state index in [0.717, 1.165) is 6.07 Å². The number of hydrogen-bond acceptors (Lipinski definition) is 7. The summed E-state index contributed by atoms with van der Waals surface area (Å²) in [5.41, 5.74) is 6.19. The Morgan fingerprint density at radius 3 is 2.63 bits per heavy atom. The molecule has 0 radical (unpaired) electrons. The third-order valence-corrected chi connectivity index (χ3v) is 6.37. The first kappa shape index (κ1) is 24.8. The molecule has 2 aliphatic heterocycles. The number of rotatable bonds is 5. The van der Waals surface area contributed by atoms with Crippen molar-refractivity contribution in [1.82, 2.24) is 24.7 Å². The lowest BCUT2D eigenvalue weighted by molar-refractivity contribution is -0.118. The Labute approximate surface area is 216 Å². The predicted molar refractivity (Wildman–Crippen MR) is 133 cm³/mol. The monoisotopic (exact) mass is 519 g/mol. The number of pyridine rings is 1. The zero-order valence-corrected chi connectivity index (χ0v) is 20.2. The van der Waals surface area contributed by atoms with Crippen molar-refractivity contribution in [1.29, 1.82) is 5.26 Å². The Hall–Kier alpha value is -4.86. The van der Waals surface area contributed by atoms with Gasteiger partial charge in [0.2, 0.25) is 5.91 Å². The number of amides is 3. The molecule has 13 heteroatoms. The first-order chi connectivity index (χ1) is 18.3. The Morgan fingerprint density at radius 1 is 1.11 bits per heavy atom. The second-order valence-corrected chi connectivity index (χ2v) is 8.90. The summed E-state index contributed by atoms with van der Waals surface area (Å²) in [6, 6.07) is 9.56. The summed E-state index contributed by atoms with van der Waals surface area (Å²) in [6.07, 6.45) is 3.54. The SMILES string of the molecule is N#Cc1cc(F)cc([C@@H]2CC=NN2C(=O)N2CCN(c3ccc(F)c(-c4ccn(CC(N)=O)n4)n3)CC2)c1. The molecule has 194 valence electrons. The van der Waals surface area contributed by atoms with E-state index < -0.39 is 23.6 Å². The zero-order valence-electron chi connectivity index (χ0n) is 20.2. The molecule has 38 heavy (non-hydrogen) atoms. The number of hydrogen-bond donors (Lipinski definition) is 1. The highest BCUT2D eigenvalue weighted by molar-refractivity contribution is 5.79. The molecule has 1 atom stereocenters. The van der Waals surface area contributed by atoms with Gasteiger partial charge in [-0.25, -0.2) is 23.6 Å². The normalized spacial score (nSPS) is 17.1. The minimum absolute atomic E-state index is 0.0466. The Bertz CT molecular complexity index is 1460. The molecule has 0 aliphatic carbocycles. The number of nitriles is 1. The largest absolute Gasteiger partial charge is 0.368 e. The minimum Gasteiger partial charge on any atom is -0.368 e. The van der Waals surface area contributed by atoms with Gasteiger partial charge < -0.3 is 15.5 Å². The maximum absolute atomic E-state index is 14.5. The van der Waals surface area contributed by atoms with E-state index >= 15 is 0 Å². The standard InChI is InChI=1S/C25H23F2N9O2/c26-18-12-16(14-28)11-17(13-18)21-3-5-30-36(21)25(38)34-9-7-33(8-10-34)23-2-1-19(27)24(31-23)20-4-6-35(32-20)15-22(29)37/h1-2,4-6,11-13,21H,3,7-10,15H2,(H2,29,37)/t21-/m0/s1. The zero-order chi connectivity index (χ0) is 26.8. The van der Waals surface area contributed by atoms with Crippen LogP contribution in [0.15, 0.2) is 47.7 Å². The molecule has 1 fully saturated rings. The number of benzene rings is 1. The third-order valence-electron chi connectivity index (χ3n) is 6.37. The maximum atomic E-state index is 14.5. The lowest BCUT2D eigenvalue weighted by Crippen LogP contribution is -2.52. The van der Waals surface area contributed by atoms with Crippen molar-refractivity contribution < 1.29 is 18.4 Å². The van der Waals surface area contributed by atoms with Gasteiger partial charge in [-0.1, -0.05) is 0 Å². The molecule has 0 saturated carbocycles. The van der Waals surface area contributed by atoms with Gasteiger partial charge in [-0.15, -0.1) is 0 Å². The van der Waals surface area contributed by atoms with Crippen LogP contribution < -0.4 is 10.6 Å². The molecule has 5 rings (SSSR count). The van der Waals surface area contributed by atoms with Gasteiger partial charge in [0, 0.05) is 45.0 Å². The predicted octanol–water partition coefficient (Wildman–Crippen LogP) is 2.26. The van der Waals surface area contributed by atoms with E-state index in [0.29, 0.717) is 44.0 Å². The van der Waals surface area contributed by atoms with Gasteiger partial charge in [-0.05, 0) is 42.0 Å². The molecule has 0 unspecified atom stereocenters. The number of piperazine rings is 1. The number of nitrogens with zero attached hydrogens (tertiary/aromatic N) is 8. The fourth-order valence-electron chi connectivity index (χ4n) is 4.54. The summed E-state index contributed by atoms with van der Waals surface area (Å²) >= 11 is 0. The number of hydrazone groups is 1. The molecule has 2 N–H and O–H groups in total. The van der Waals surface area contributed by atoms with Crippen molar-refractivity contribution in [3.8, 4) is 17.5 Å². The average molecular weight is 520 g/mol. The molecule has 0 spiro atoms. The van der Waals surface area contributed by atoms with Crippen molar-refractivity contribution in [2.24, 2.45) is 10.8 Å². The highest BCUT2D eigenvalue weighted by atomic mass is 19.1. The Balaban J connectivity index is 1.26. The van der Waals surface area contributed by atoms with E-state index in [4.69, 9.17) is 11.0 Å². The summed E-state index contributed by atoms with van der Waals surface area (Å²) < 4.78 is 29.9. The molecule has 2 aliphatic rings. The van der Waals surface area contributed by atoms with Crippen molar-refractivity contribution in [3.05, 3.63) is 65.4 Å². The fourth-order valence-corrected chi connectivity index (χ4v) is 4.54. The average Bonchev–Trinajstić information content (AvgIpc) is 3.58. The van der Waals surface area contributed by atoms with Crippen LogP contribution in [-0.2, 0) is 11.3 Å². The van der Waals surface area contributed by atoms with E-state index in [1.54, 1.807) is 29.3 Å². The third kappa shape index (κ3) is 5.01. The van der Waals surface area contributed by atoms with Crippen LogP contribution in [-0.4, -0.2) is 69.0 Å². The van der Waals surface area contributed by atoms with Crippen molar-refractivity contribution >= 4 is 24.0 Å². The second kappa shape index (κ2) is 10.3. The minimum atomic E-state index is -0.567. The highest BCUT2D eigenvalue weighted by Crippen LogP contribution is 2.31. The van der Waals surface area contributed by atoms with Crippen LogP contribution in [0.1, 0.15) is 23.6 Å². The van der Waals surface area contributed by atoms with Crippen LogP contribution in [0.5, 0.6) is 0 Å². The van der Waals surface area contributed by atoms with Gasteiger partial charge in [0.05, 0.1) is 17.7 Å². The summed E-state index contributed by atoms with van der Waals surface area (Å²) in [4.78, 5) is 32.4. The highest BCUT2D eigenvalue weighted by Gasteiger charge is 2.33. The molecule has 4 heterocycles. The molecular formula is C25H23F2N9O2. The number of carbonyl (C=O) groups excluding carboxylic acids is 2. The molecule has 3 aromatic rings. The van der Waals surface area contributed by atoms with Crippen LogP contribution >= 0.6 is 0 Å². The lowest BCUT2D eigenvalue weighted by Gasteiger charge is -2.37. The topological polar surface area (TPSA) is 137 Å². The number of anilines is 1. The van der Waals surface area contributed by atoms with Crippen molar-refractivity contribution in [2.75, 3.05) is 31.1 Å². The van der Waals surface area contributed by atoms with Crippen LogP contribution in [0.2, 0.25) is 0 Å². The van der Waals surface area contributed by atoms with E-state index in [2.05, 4.69) is 15.2 Å². The second-order valence-electron chi connectivity index (χ2n) is 8.90. The van der Waals surface area contributed by atoms with Crippen LogP contribution in [0.4, 0.5) is 19.4 Å². The molecule has 11 nitrogen and oxygen atoms in total. The smallest absolute Gasteiger partial charge is 0.341 e. The number of primary amides is 1. The number of aromatic nitrogens is 3. The number of urea groups is 1. The van der Waals surface area contributed by atoms with Gasteiger partial charge in [0.1, 0.15) is 29.6 Å². The number of nitrogens with two attached hydrogens (primary N) is 1. The molecule has 0 bridgehead atoms. The lowest BCUT2D eigenvalue weighted by atomic mass is 10.0. The van der Waals surface area contributed by atoms with Crippen LogP contribution in [0.3, 0.4) is 0 Å². The van der Waals surface area contributed by atoms with E-state index in [1.807, 2.05) is 11.0 Å². The molecule has 1 saturated heterocycles. The summed E-state index contributed by atoms with van der Waals surface area (Å²) in [6.45, 7) is 1.50. The summed E-state index contributed by atoms with van der Waals surface area (Å²) in [7, 11) is 0.